The largest absolute Gasteiger partial charge is 0.465 e. The van der Waals surface area contributed by atoms with E-state index in [1.165, 1.54) is 7.11 Å². The van der Waals surface area contributed by atoms with Gasteiger partial charge in [0, 0.05) is 6.20 Å². The van der Waals surface area contributed by atoms with E-state index in [1.54, 1.807) is 22.8 Å². The number of carbonyl (C=O) groups is 1. The van der Waals surface area contributed by atoms with Crippen LogP contribution in [-0.2, 0) is 4.74 Å². The third-order valence-electron chi connectivity index (χ3n) is 1.96. The fourth-order valence-corrected chi connectivity index (χ4v) is 1.33. The predicted molar refractivity (Wildman–Crippen MR) is 58.2 cm³/mol. The lowest BCUT2D eigenvalue weighted by molar-refractivity contribution is 0.0604. The average molecular weight is 228 g/mol. The van der Waals surface area contributed by atoms with Gasteiger partial charge in [0.2, 0.25) is 0 Å². The molecule has 80 valence electrons. The Morgan fingerprint density at radius 3 is 2.93 bits per heavy atom. The van der Waals surface area contributed by atoms with Crippen molar-refractivity contribution < 1.29 is 9.53 Å². The smallest absolute Gasteiger partial charge is 0.343 e. The molecular formula is C9H10ClN3O2. The van der Waals surface area contributed by atoms with E-state index in [4.69, 9.17) is 5.73 Å². The maximum atomic E-state index is 11.4. The molecule has 15 heavy (non-hydrogen) atoms. The molecule has 0 radical (unpaired) electrons. The molecule has 2 aromatic heterocycles. The van der Waals surface area contributed by atoms with Crippen LogP contribution >= 0.6 is 12.4 Å². The van der Waals surface area contributed by atoms with Gasteiger partial charge in [-0.3, -0.25) is 0 Å². The molecule has 0 spiro atoms. The van der Waals surface area contributed by atoms with Crippen molar-refractivity contribution in [3.8, 4) is 0 Å². The minimum Gasteiger partial charge on any atom is -0.465 e. The van der Waals surface area contributed by atoms with Gasteiger partial charge in [-0.05, 0) is 12.1 Å². The molecule has 0 amide bonds. The Kier molecular flexibility index (Phi) is 3.16. The highest BCUT2D eigenvalue weighted by Crippen LogP contribution is 2.17. The molecule has 2 heterocycles. The highest BCUT2D eigenvalue weighted by Gasteiger charge is 2.17. The average Bonchev–Trinajstić information content (AvgIpc) is 2.53. The number of pyridine rings is 1. The predicted octanol–water partition coefficient (Wildman–Crippen LogP) is 1.12. The summed E-state index contributed by atoms with van der Waals surface area (Å²) in [6, 6.07) is 5.37. The fraction of sp³-hybridized carbons (Fsp3) is 0.111. The second-order valence-corrected chi connectivity index (χ2v) is 2.78. The van der Waals surface area contributed by atoms with Gasteiger partial charge in [-0.1, -0.05) is 6.07 Å². The Balaban J connectivity index is 0.00000112. The highest BCUT2D eigenvalue weighted by atomic mass is 35.5. The van der Waals surface area contributed by atoms with E-state index in [0.717, 1.165) is 0 Å². The van der Waals surface area contributed by atoms with Gasteiger partial charge in [0.15, 0.2) is 5.82 Å². The number of methoxy groups -OCH3 is 1. The molecule has 0 saturated heterocycles. The van der Waals surface area contributed by atoms with Gasteiger partial charge >= 0.3 is 5.97 Å². The number of nitrogen functional groups attached to an aromatic ring is 1. The van der Waals surface area contributed by atoms with E-state index in [0.29, 0.717) is 11.1 Å². The zero-order valence-corrected chi connectivity index (χ0v) is 8.82. The first-order valence-corrected chi connectivity index (χ1v) is 4.05. The molecule has 2 aromatic rings. The van der Waals surface area contributed by atoms with Crippen molar-refractivity contribution in [1.82, 2.24) is 9.61 Å². The lowest BCUT2D eigenvalue weighted by atomic mass is 10.2. The molecule has 6 heteroatoms. The number of aromatic nitrogens is 2. The van der Waals surface area contributed by atoms with Crippen molar-refractivity contribution in [3.63, 3.8) is 0 Å². The van der Waals surface area contributed by atoms with Crippen LogP contribution in [0, 0.1) is 0 Å². The summed E-state index contributed by atoms with van der Waals surface area (Å²) < 4.78 is 6.15. The van der Waals surface area contributed by atoms with Crippen molar-refractivity contribution in [3.05, 3.63) is 30.0 Å². The highest BCUT2D eigenvalue weighted by molar-refractivity contribution is 6.01. The van der Waals surface area contributed by atoms with E-state index in [-0.39, 0.29) is 18.2 Å². The molecule has 0 unspecified atom stereocenters. The van der Waals surface area contributed by atoms with Crippen molar-refractivity contribution in [2.45, 2.75) is 0 Å². The Morgan fingerprint density at radius 1 is 1.53 bits per heavy atom. The van der Waals surface area contributed by atoms with Gasteiger partial charge in [0.1, 0.15) is 5.56 Å². The Labute approximate surface area is 92.2 Å². The third-order valence-corrected chi connectivity index (χ3v) is 1.96. The number of halogens is 1. The zero-order valence-electron chi connectivity index (χ0n) is 8.01. The summed E-state index contributed by atoms with van der Waals surface area (Å²) in [5.74, 6) is -0.285. The number of nitrogens with zero attached hydrogens (tertiary/aromatic N) is 2. The molecule has 0 aliphatic carbocycles. The van der Waals surface area contributed by atoms with Crippen LogP contribution in [0.1, 0.15) is 10.4 Å². The number of hydrogen-bond donors (Lipinski definition) is 1. The monoisotopic (exact) mass is 227 g/mol. The first-order chi connectivity index (χ1) is 6.74. The zero-order chi connectivity index (χ0) is 10.1. The van der Waals surface area contributed by atoms with Crippen LogP contribution in [0.25, 0.3) is 5.52 Å². The summed E-state index contributed by atoms with van der Waals surface area (Å²) in [4.78, 5) is 11.4. The van der Waals surface area contributed by atoms with Crippen molar-refractivity contribution in [2.75, 3.05) is 12.8 Å². The van der Waals surface area contributed by atoms with Crippen LogP contribution in [0.5, 0.6) is 0 Å². The Morgan fingerprint density at radius 2 is 2.27 bits per heavy atom. The van der Waals surface area contributed by atoms with Gasteiger partial charge in [0.05, 0.1) is 12.6 Å². The lowest BCUT2D eigenvalue weighted by Gasteiger charge is -1.96. The molecule has 2 N–H and O–H groups in total. The quantitative estimate of drug-likeness (QED) is 0.742. The van der Waals surface area contributed by atoms with E-state index in [2.05, 4.69) is 9.84 Å². The number of carbonyl (C=O) groups excluding carboxylic acids is 1. The number of fused-ring (bicyclic) bond motifs is 1. The van der Waals surface area contributed by atoms with Crippen molar-refractivity contribution >= 4 is 29.7 Å². The second-order valence-electron chi connectivity index (χ2n) is 2.78. The van der Waals surface area contributed by atoms with Crippen LogP contribution in [0.2, 0.25) is 0 Å². The van der Waals surface area contributed by atoms with E-state index in [9.17, 15) is 4.79 Å². The van der Waals surface area contributed by atoms with E-state index >= 15 is 0 Å². The fourth-order valence-electron chi connectivity index (χ4n) is 1.33. The summed E-state index contributed by atoms with van der Waals surface area (Å²) in [5, 5.41) is 3.98. The number of rotatable bonds is 1. The molecule has 0 fully saturated rings. The Hall–Kier alpha value is -1.75. The molecule has 2 rings (SSSR count). The summed E-state index contributed by atoms with van der Waals surface area (Å²) in [7, 11) is 1.31. The number of nitrogens with two attached hydrogens (primary N) is 1. The molecule has 0 aliphatic heterocycles. The van der Waals surface area contributed by atoms with Gasteiger partial charge < -0.3 is 10.5 Å². The third kappa shape index (κ3) is 1.73. The maximum Gasteiger partial charge on any atom is 0.343 e. The van der Waals surface area contributed by atoms with Gasteiger partial charge in [-0.25, -0.2) is 9.31 Å². The molecular weight excluding hydrogens is 218 g/mol. The van der Waals surface area contributed by atoms with Crippen LogP contribution in [0.15, 0.2) is 24.4 Å². The number of anilines is 1. The summed E-state index contributed by atoms with van der Waals surface area (Å²) >= 11 is 0. The van der Waals surface area contributed by atoms with E-state index in [1.807, 2.05) is 6.07 Å². The number of hydrogen-bond acceptors (Lipinski definition) is 4. The van der Waals surface area contributed by atoms with Gasteiger partial charge in [-0.2, -0.15) is 0 Å². The van der Waals surface area contributed by atoms with Crippen molar-refractivity contribution in [2.24, 2.45) is 0 Å². The molecule has 0 aromatic carbocycles. The summed E-state index contributed by atoms with van der Waals surface area (Å²) in [6.45, 7) is 0. The molecule has 0 saturated carbocycles. The van der Waals surface area contributed by atoms with Crippen LogP contribution < -0.4 is 5.73 Å². The molecule has 0 bridgehead atoms. The normalized spacial score (nSPS) is 9.67. The first kappa shape index (κ1) is 11.3. The standard InChI is InChI=1S/C9H9N3O2.ClH/c1-14-9(13)7-6-4-2-3-5-12(6)11-8(7)10;/h2-5H,1H3,(H2,10,11);1H. The van der Waals surface area contributed by atoms with E-state index < -0.39 is 5.97 Å². The van der Waals surface area contributed by atoms with Crippen molar-refractivity contribution in [1.29, 1.82) is 0 Å². The second kappa shape index (κ2) is 4.18. The molecule has 0 aliphatic rings. The maximum absolute atomic E-state index is 11.4. The van der Waals surface area contributed by atoms with Gasteiger partial charge in [-0.15, -0.1) is 17.5 Å². The van der Waals surface area contributed by atoms with Crippen LogP contribution in [0.3, 0.4) is 0 Å². The number of esters is 1. The summed E-state index contributed by atoms with van der Waals surface area (Å²) in [6.07, 6.45) is 1.72. The Bertz CT molecular complexity index is 495. The lowest BCUT2D eigenvalue weighted by Crippen LogP contribution is -2.03. The molecule has 5 nitrogen and oxygen atoms in total. The molecule has 0 atom stereocenters. The minimum atomic E-state index is -0.469. The SMILES string of the molecule is COC(=O)c1c(N)nn2ccccc12.Cl. The topological polar surface area (TPSA) is 69.6 Å². The van der Waals surface area contributed by atoms with Crippen LogP contribution in [-0.4, -0.2) is 22.7 Å². The first-order valence-electron chi connectivity index (χ1n) is 4.05. The minimum absolute atomic E-state index is 0. The van der Waals surface area contributed by atoms with Crippen LogP contribution in [0.4, 0.5) is 5.82 Å². The van der Waals surface area contributed by atoms with Gasteiger partial charge in [0.25, 0.3) is 0 Å². The summed E-state index contributed by atoms with van der Waals surface area (Å²) in [5.41, 5.74) is 6.56. The number of ether oxygens (including phenoxy) is 1.